The fourth-order valence-electron chi connectivity index (χ4n) is 1.61. The van der Waals surface area contributed by atoms with Crippen molar-refractivity contribution in [1.29, 1.82) is 0 Å². The van der Waals surface area contributed by atoms with Crippen molar-refractivity contribution >= 4 is 15.9 Å². The number of aryl methyl sites for hydroxylation is 2. The standard InChI is InChI=1S/C13H18BrF/c1-5-8(2)13(14)11-6-10(4)12(15)7-9(11)3/h6-8,13H,5H2,1-4H3. The van der Waals surface area contributed by atoms with Crippen molar-refractivity contribution in [3.05, 3.63) is 34.6 Å². The van der Waals surface area contributed by atoms with E-state index in [0.29, 0.717) is 10.7 Å². The minimum absolute atomic E-state index is 0.111. The van der Waals surface area contributed by atoms with Crippen LogP contribution in [0.3, 0.4) is 0 Å². The first-order valence-electron chi connectivity index (χ1n) is 5.38. The van der Waals surface area contributed by atoms with Crippen LogP contribution in [0, 0.1) is 25.6 Å². The Bertz CT molecular complexity index is 347. The van der Waals surface area contributed by atoms with Crippen LogP contribution in [0.4, 0.5) is 4.39 Å². The van der Waals surface area contributed by atoms with Gasteiger partial charge in [0.1, 0.15) is 5.82 Å². The lowest BCUT2D eigenvalue weighted by molar-refractivity contribution is 0.551. The molecule has 0 fully saturated rings. The number of benzene rings is 1. The van der Waals surface area contributed by atoms with Crippen molar-refractivity contribution in [1.82, 2.24) is 0 Å². The molecule has 0 radical (unpaired) electrons. The molecule has 0 amide bonds. The third-order valence-electron chi connectivity index (χ3n) is 2.99. The summed E-state index contributed by atoms with van der Waals surface area (Å²) in [7, 11) is 0. The van der Waals surface area contributed by atoms with Crippen LogP contribution >= 0.6 is 15.9 Å². The topological polar surface area (TPSA) is 0 Å². The van der Waals surface area contributed by atoms with Gasteiger partial charge in [0.25, 0.3) is 0 Å². The fourth-order valence-corrected chi connectivity index (χ4v) is 2.48. The molecular weight excluding hydrogens is 255 g/mol. The van der Waals surface area contributed by atoms with Gasteiger partial charge in [-0.2, -0.15) is 0 Å². The van der Waals surface area contributed by atoms with Crippen molar-refractivity contribution < 1.29 is 4.39 Å². The molecule has 15 heavy (non-hydrogen) atoms. The SMILES string of the molecule is CCC(C)C(Br)c1cc(C)c(F)cc1C. The molecule has 1 aromatic carbocycles. The van der Waals surface area contributed by atoms with Crippen molar-refractivity contribution in [3.63, 3.8) is 0 Å². The number of halogens is 2. The van der Waals surface area contributed by atoms with Crippen LogP contribution in [0.25, 0.3) is 0 Å². The Morgan fingerprint density at radius 1 is 1.27 bits per heavy atom. The van der Waals surface area contributed by atoms with Crippen LogP contribution in [0.5, 0.6) is 0 Å². The summed E-state index contributed by atoms with van der Waals surface area (Å²) in [6.07, 6.45) is 1.12. The number of alkyl halides is 1. The van der Waals surface area contributed by atoms with Gasteiger partial charge in [0.05, 0.1) is 0 Å². The van der Waals surface area contributed by atoms with E-state index in [1.165, 1.54) is 5.56 Å². The van der Waals surface area contributed by atoms with Gasteiger partial charge >= 0.3 is 0 Å². The summed E-state index contributed by atoms with van der Waals surface area (Å²) in [5, 5.41) is 0. The monoisotopic (exact) mass is 272 g/mol. The summed E-state index contributed by atoms with van der Waals surface area (Å²) >= 11 is 3.70. The van der Waals surface area contributed by atoms with Crippen molar-refractivity contribution in [3.8, 4) is 0 Å². The molecule has 0 N–H and O–H groups in total. The first kappa shape index (κ1) is 12.7. The quantitative estimate of drug-likeness (QED) is 0.685. The zero-order valence-electron chi connectivity index (χ0n) is 9.77. The second-order valence-corrected chi connectivity index (χ2v) is 5.23. The molecule has 0 aliphatic carbocycles. The first-order valence-corrected chi connectivity index (χ1v) is 6.29. The Morgan fingerprint density at radius 3 is 2.40 bits per heavy atom. The molecule has 0 saturated heterocycles. The maximum atomic E-state index is 13.3. The second kappa shape index (κ2) is 5.11. The lowest BCUT2D eigenvalue weighted by Crippen LogP contribution is -2.05. The third kappa shape index (κ3) is 2.81. The summed E-state index contributed by atoms with van der Waals surface area (Å²) in [5.41, 5.74) is 2.96. The van der Waals surface area contributed by atoms with Gasteiger partial charge in [-0.25, -0.2) is 4.39 Å². The summed E-state index contributed by atoms with van der Waals surface area (Å²) in [6.45, 7) is 8.16. The predicted octanol–water partition coefficient (Wildman–Crippen LogP) is 4.92. The zero-order valence-corrected chi connectivity index (χ0v) is 11.4. The molecule has 2 atom stereocenters. The Labute approximate surface area is 100 Å². The highest BCUT2D eigenvalue weighted by molar-refractivity contribution is 9.09. The van der Waals surface area contributed by atoms with Crippen LogP contribution < -0.4 is 0 Å². The molecule has 0 nitrogen and oxygen atoms in total. The van der Waals surface area contributed by atoms with Gasteiger partial charge in [-0.1, -0.05) is 42.3 Å². The fraction of sp³-hybridized carbons (Fsp3) is 0.538. The van der Waals surface area contributed by atoms with Gasteiger partial charge in [-0.15, -0.1) is 0 Å². The minimum Gasteiger partial charge on any atom is -0.207 e. The van der Waals surface area contributed by atoms with Crippen LogP contribution in [0.1, 0.15) is 41.8 Å². The second-order valence-electron chi connectivity index (χ2n) is 4.25. The molecule has 1 aromatic rings. The molecule has 84 valence electrons. The van der Waals surface area contributed by atoms with E-state index in [0.717, 1.165) is 17.5 Å². The highest BCUT2D eigenvalue weighted by Gasteiger charge is 2.17. The van der Waals surface area contributed by atoms with Gasteiger partial charge in [0.2, 0.25) is 0 Å². The smallest absolute Gasteiger partial charge is 0.126 e. The minimum atomic E-state index is -0.111. The van der Waals surface area contributed by atoms with Crippen LogP contribution in [-0.4, -0.2) is 0 Å². The van der Waals surface area contributed by atoms with Gasteiger partial charge < -0.3 is 0 Å². The van der Waals surface area contributed by atoms with Crippen LogP contribution in [0.2, 0.25) is 0 Å². The van der Waals surface area contributed by atoms with Crippen LogP contribution in [0.15, 0.2) is 12.1 Å². The van der Waals surface area contributed by atoms with Crippen molar-refractivity contribution in [2.24, 2.45) is 5.92 Å². The largest absolute Gasteiger partial charge is 0.207 e. The van der Waals surface area contributed by atoms with E-state index in [-0.39, 0.29) is 5.82 Å². The molecule has 1 rings (SSSR count). The third-order valence-corrected chi connectivity index (χ3v) is 4.38. The van der Waals surface area contributed by atoms with E-state index in [9.17, 15) is 4.39 Å². The average molecular weight is 273 g/mol. The Kier molecular flexibility index (Phi) is 4.32. The number of rotatable bonds is 3. The molecule has 2 unspecified atom stereocenters. The molecule has 0 bridgehead atoms. The van der Waals surface area contributed by atoms with E-state index >= 15 is 0 Å². The van der Waals surface area contributed by atoms with Gasteiger partial charge in [-0.3, -0.25) is 0 Å². The number of hydrogen-bond donors (Lipinski definition) is 0. The van der Waals surface area contributed by atoms with Crippen LogP contribution in [-0.2, 0) is 0 Å². The maximum absolute atomic E-state index is 13.3. The van der Waals surface area contributed by atoms with Crippen molar-refractivity contribution in [2.75, 3.05) is 0 Å². The van der Waals surface area contributed by atoms with E-state index in [2.05, 4.69) is 29.8 Å². The predicted molar refractivity (Wildman–Crippen MR) is 67.0 cm³/mol. The Morgan fingerprint density at radius 2 is 1.87 bits per heavy atom. The summed E-state index contributed by atoms with van der Waals surface area (Å²) in [6, 6.07) is 3.58. The normalized spacial score (nSPS) is 15.1. The molecule has 0 aliphatic heterocycles. The summed E-state index contributed by atoms with van der Waals surface area (Å²) in [4.78, 5) is 0.321. The Balaban J connectivity index is 3.09. The summed E-state index contributed by atoms with van der Waals surface area (Å²) in [5.74, 6) is 0.452. The highest BCUT2D eigenvalue weighted by Crippen LogP contribution is 2.35. The first-order chi connectivity index (χ1) is 6.97. The van der Waals surface area contributed by atoms with E-state index in [4.69, 9.17) is 0 Å². The maximum Gasteiger partial charge on any atom is 0.126 e. The molecule has 0 aromatic heterocycles. The lowest BCUT2D eigenvalue weighted by atomic mass is 9.94. The van der Waals surface area contributed by atoms with Gasteiger partial charge in [0, 0.05) is 4.83 Å². The number of hydrogen-bond acceptors (Lipinski definition) is 0. The highest BCUT2D eigenvalue weighted by atomic mass is 79.9. The van der Waals surface area contributed by atoms with Crippen molar-refractivity contribution in [2.45, 2.75) is 38.9 Å². The molecule has 0 aliphatic rings. The Hall–Kier alpha value is -0.370. The lowest BCUT2D eigenvalue weighted by Gasteiger charge is -2.19. The molecule has 0 saturated carbocycles. The molecule has 2 heteroatoms. The van der Waals surface area contributed by atoms with E-state index in [1.54, 1.807) is 6.07 Å². The summed E-state index contributed by atoms with van der Waals surface area (Å²) < 4.78 is 13.3. The van der Waals surface area contributed by atoms with E-state index < -0.39 is 0 Å². The van der Waals surface area contributed by atoms with E-state index in [1.807, 2.05) is 19.9 Å². The zero-order chi connectivity index (χ0) is 11.6. The van der Waals surface area contributed by atoms with Gasteiger partial charge in [0.15, 0.2) is 0 Å². The average Bonchev–Trinajstić information content (AvgIpc) is 2.21. The molecular formula is C13H18BrF. The molecule has 0 spiro atoms. The van der Waals surface area contributed by atoms with Gasteiger partial charge in [-0.05, 0) is 42.5 Å². The molecule has 0 heterocycles.